The number of nitrogens with zero attached hydrogens (tertiary/aromatic N) is 2. The zero-order chi connectivity index (χ0) is 18.3. The molecule has 0 spiro atoms. The fourth-order valence-corrected chi connectivity index (χ4v) is 3.48. The quantitative estimate of drug-likeness (QED) is 0.744. The Bertz CT molecular complexity index is 959. The number of hydrogen-bond donors (Lipinski definition) is 1. The minimum Gasteiger partial charge on any atom is -0.361 e. The van der Waals surface area contributed by atoms with Crippen LogP contribution in [0.2, 0.25) is 0 Å². The summed E-state index contributed by atoms with van der Waals surface area (Å²) in [5.74, 6) is 0.626. The molecule has 0 aliphatic carbocycles. The lowest BCUT2D eigenvalue weighted by molar-refractivity contribution is 0.0992. The summed E-state index contributed by atoms with van der Waals surface area (Å²) in [5, 5.41) is 3.59. The van der Waals surface area contributed by atoms with Crippen LogP contribution in [0.3, 0.4) is 0 Å². The van der Waals surface area contributed by atoms with Gasteiger partial charge < -0.3 is 5.32 Å². The Kier molecular flexibility index (Phi) is 3.96. The number of anilines is 2. The Hall–Kier alpha value is -3.14. The van der Waals surface area contributed by atoms with Crippen LogP contribution < -0.4 is 10.2 Å². The van der Waals surface area contributed by atoms with Crippen LogP contribution in [-0.2, 0) is 0 Å². The van der Waals surface area contributed by atoms with E-state index in [1.165, 1.54) is 0 Å². The molecule has 2 heterocycles. The van der Waals surface area contributed by atoms with Crippen molar-refractivity contribution in [3.8, 4) is 0 Å². The van der Waals surface area contributed by atoms with Crippen molar-refractivity contribution in [3.63, 3.8) is 0 Å². The summed E-state index contributed by atoms with van der Waals surface area (Å²) in [6.45, 7) is 6.14. The second kappa shape index (κ2) is 6.30. The van der Waals surface area contributed by atoms with Gasteiger partial charge in [0.25, 0.3) is 5.91 Å². The van der Waals surface area contributed by atoms with Crippen LogP contribution in [0.5, 0.6) is 0 Å². The smallest absolute Gasteiger partial charge is 0.261 e. The molecule has 0 unspecified atom stereocenters. The van der Waals surface area contributed by atoms with Gasteiger partial charge in [-0.2, -0.15) is 0 Å². The van der Waals surface area contributed by atoms with Crippen molar-refractivity contribution in [2.75, 3.05) is 10.2 Å². The standard InChI is InChI=1S/C22H21N3O/c1-14-11-12-19(23-13-14)25-21(17-9-4-5-10-18(17)22(25)26)24-20-15(2)7-6-8-16(20)3/h4-13,21,24H,1-3H3/t21-/m1/s1. The minimum absolute atomic E-state index is 0.0271. The first-order valence-electron chi connectivity index (χ1n) is 8.74. The molecule has 1 aliphatic heterocycles. The van der Waals surface area contributed by atoms with Gasteiger partial charge in [0.1, 0.15) is 12.0 Å². The molecule has 1 aliphatic rings. The van der Waals surface area contributed by atoms with E-state index in [0.29, 0.717) is 5.82 Å². The Morgan fingerprint density at radius 2 is 1.65 bits per heavy atom. The molecule has 4 nitrogen and oxygen atoms in total. The van der Waals surface area contributed by atoms with Crippen LogP contribution in [0.25, 0.3) is 0 Å². The number of amides is 1. The molecule has 130 valence electrons. The average Bonchev–Trinajstić information content (AvgIpc) is 2.92. The normalized spacial score (nSPS) is 15.9. The van der Waals surface area contributed by atoms with E-state index in [2.05, 4.69) is 36.3 Å². The lowest BCUT2D eigenvalue weighted by Crippen LogP contribution is -2.33. The Balaban J connectivity index is 1.82. The molecule has 0 radical (unpaired) electrons. The predicted octanol–water partition coefficient (Wildman–Crippen LogP) is 4.78. The molecule has 4 heteroatoms. The molecular formula is C22H21N3O. The summed E-state index contributed by atoms with van der Waals surface area (Å²) < 4.78 is 0. The highest BCUT2D eigenvalue weighted by molar-refractivity contribution is 6.11. The molecule has 1 atom stereocenters. The number of hydrogen-bond acceptors (Lipinski definition) is 3. The zero-order valence-corrected chi connectivity index (χ0v) is 15.2. The molecule has 0 bridgehead atoms. The molecule has 1 aromatic heterocycles. The number of pyridine rings is 1. The van der Waals surface area contributed by atoms with Crippen molar-refractivity contribution in [1.29, 1.82) is 0 Å². The number of aryl methyl sites for hydroxylation is 3. The third-order valence-electron chi connectivity index (χ3n) is 4.87. The molecule has 0 saturated carbocycles. The van der Waals surface area contributed by atoms with Crippen molar-refractivity contribution < 1.29 is 4.79 Å². The largest absolute Gasteiger partial charge is 0.361 e. The van der Waals surface area contributed by atoms with Gasteiger partial charge in [0.2, 0.25) is 0 Å². The summed E-state index contributed by atoms with van der Waals surface area (Å²) >= 11 is 0. The van der Waals surface area contributed by atoms with Gasteiger partial charge >= 0.3 is 0 Å². The van der Waals surface area contributed by atoms with E-state index in [1.807, 2.05) is 49.4 Å². The molecule has 0 fully saturated rings. The Labute approximate surface area is 153 Å². The van der Waals surface area contributed by atoms with E-state index >= 15 is 0 Å². The first-order valence-corrected chi connectivity index (χ1v) is 8.74. The number of carbonyl (C=O) groups excluding carboxylic acids is 1. The third-order valence-corrected chi connectivity index (χ3v) is 4.87. The average molecular weight is 343 g/mol. The fourth-order valence-electron chi connectivity index (χ4n) is 3.48. The van der Waals surface area contributed by atoms with Crippen LogP contribution in [0.15, 0.2) is 60.8 Å². The van der Waals surface area contributed by atoms with Gasteiger partial charge in [-0.25, -0.2) is 4.98 Å². The van der Waals surface area contributed by atoms with Gasteiger partial charge in [-0.05, 0) is 49.6 Å². The number of nitrogens with one attached hydrogen (secondary N) is 1. The van der Waals surface area contributed by atoms with E-state index in [4.69, 9.17) is 0 Å². The number of fused-ring (bicyclic) bond motifs is 1. The van der Waals surface area contributed by atoms with Crippen LogP contribution in [0.4, 0.5) is 11.5 Å². The highest BCUT2D eigenvalue weighted by Crippen LogP contribution is 2.38. The molecule has 0 saturated heterocycles. The summed E-state index contributed by atoms with van der Waals surface area (Å²) in [5.41, 5.74) is 6.12. The van der Waals surface area contributed by atoms with E-state index in [9.17, 15) is 4.79 Å². The molecule has 2 aromatic carbocycles. The van der Waals surface area contributed by atoms with E-state index in [-0.39, 0.29) is 12.1 Å². The lowest BCUT2D eigenvalue weighted by atomic mass is 10.1. The van der Waals surface area contributed by atoms with Gasteiger partial charge in [-0.15, -0.1) is 0 Å². The third kappa shape index (κ3) is 2.64. The van der Waals surface area contributed by atoms with Crippen LogP contribution in [0.1, 0.15) is 38.8 Å². The van der Waals surface area contributed by atoms with Crippen molar-refractivity contribution in [1.82, 2.24) is 4.98 Å². The summed E-state index contributed by atoms with van der Waals surface area (Å²) in [6.07, 6.45) is 1.51. The van der Waals surface area contributed by atoms with Crippen molar-refractivity contribution in [2.24, 2.45) is 0 Å². The number of para-hydroxylation sites is 1. The molecular weight excluding hydrogens is 322 g/mol. The maximum absolute atomic E-state index is 13.1. The summed E-state index contributed by atoms with van der Waals surface area (Å²) in [4.78, 5) is 19.3. The van der Waals surface area contributed by atoms with Gasteiger partial charge in [0.15, 0.2) is 0 Å². The minimum atomic E-state index is -0.284. The second-order valence-corrected chi connectivity index (χ2v) is 6.77. The number of rotatable bonds is 3. The highest BCUT2D eigenvalue weighted by atomic mass is 16.2. The van der Waals surface area contributed by atoms with Crippen molar-refractivity contribution in [2.45, 2.75) is 26.9 Å². The van der Waals surface area contributed by atoms with Gasteiger partial charge in [-0.1, -0.05) is 42.5 Å². The number of aromatic nitrogens is 1. The van der Waals surface area contributed by atoms with E-state index in [0.717, 1.165) is 33.5 Å². The molecule has 26 heavy (non-hydrogen) atoms. The maximum atomic E-state index is 13.1. The number of benzene rings is 2. The predicted molar refractivity (Wildman–Crippen MR) is 105 cm³/mol. The van der Waals surface area contributed by atoms with Crippen LogP contribution >= 0.6 is 0 Å². The molecule has 1 N–H and O–H groups in total. The van der Waals surface area contributed by atoms with Crippen LogP contribution in [-0.4, -0.2) is 10.9 Å². The Morgan fingerprint density at radius 3 is 2.35 bits per heavy atom. The van der Waals surface area contributed by atoms with Gasteiger partial charge in [-0.3, -0.25) is 9.69 Å². The van der Waals surface area contributed by atoms with E-state index < -0.39 is 0 Å². The molecule has 3 aromatic rings. The Morgan fingerprint density at radius 1 is 0.923 bits per heavy atom. The van der Waals surface area contributed by atoms with Crippen LogP contribution in [0, 0.1) is 20.8 Å². The monoisotopic (exact) mass is 343 g/mol. The number of carbonyl (C=O) groups is 1. The highest BCUT2D eigenvalue weighted by Gasteiger charge is 2.38. The first kappa shape index (κ1) is 16.3. The van der Waals surface area contributed by atoms with Crippen molar-refractivity contribution >= 4 is 17.4 Å². The molecule has 4 rings (SSSR count). The van der Waals surface area contributed by atoms with Gasteiger partial charge in [0.05, 0.1) is 0 Å². The van der Waals surface area contributed by atoms with Crippen molar-refractivity contribution in [3.05, 3.63) is 88.6 Å². The zero-order valence-electron chi connectivity index (χ0n) is 15.2. The summed E-state index contributed by atoms with van der Waals surface area (Å²) in [6, 6.07) is 17.8. The maximum Gasteiger partial charge on any atom is 0.261 e. The summed E-state index contributed by atoms with van der Waals surface area (Å²) in [7, 11) is 0. The topological polar surface area (TPSA) is 45.2 Å². The van der Waals surface area contributed by atoms with E-state index in [1.54, 1.807) is 11.1 Å². The molecule has 1 amide bonds. The van der Waals surface area contributed by atoms with Gasteiger partial charge in [0, 0.05) is 23.0 Å². The second-order valence-electron chi connectivity index (χ2n) is 6.77. The SMILES string of the molecule is Cc1ccc(N2C(=O)c3ccccc3[C@@H]2Nc2c(C)cccc2C)nc1. The first-order chi connectivity index (χ1) is 12.6. The lowest BCUT2D eigenvalue weighted by Gasteiger charge is -2.27. The fraction of sp³-hybridized carbons (Fsp3) is 0.182.